The molecular formula is C12H21ClN2O3. The molecule has 0 aromatic rings. The molecule has 1 aliphatic heterocycles. The first-order valence-corrected chi connectivity index (χ1v) is 6.95. The molecule has 6 heteroatoms. The van der Waals surface area contributed by atoms with Crippen LogP contribution in [0.5, 0.6) is 0 Å². The summed E-state index contributed by atoms with van der Waals surface area (Å²) in [5.41, 5.74) is 0. The van der Waals surface area contributed by atoms with Crippen molar-refractivity contribution in [2.24, 2.45) is 0 Å². The molecule has 0 atom stereocenters. The Morgan fingerprint density at radius 2 is 1.72 bits per heavy atom. The number of aliphatic carboxylic acids is 1. The third kappa shape index (κ3) is 5.69. The van der Waals surface area contributed by atoms with E-state index in [2.05, 4.69) is 4.90 Å². The number of rotatable bonds is 7. The molecule has 0 aliphatic carbocycles. The molecule has 0 aromatic heterocycles. The van der Waals surface area contributed by atoms with E-state index < -0.39 is 5.97 Å². The highest BCUT2D eigenvalue weighted by Crippen LogP contribution is 2.07. The van der Waals surface area contributed by atoms with Crippen molar-refractivity contribution in [1.29, 1.82) is 0 Å². The summed E-state index contributed by atoms with van der Waals surface area (Å²) in [6.45, 7) is 4.26. The molecular weight excluding hydrogens is 256 g/mol. The lowest BCUT2D eigenvalue weighted by Gasteiger charge is -2.34. The topological polar surface area (TPSA) is 60.9 Å². The van der Waals surface area contributed by atoms with E-state index in [9.17, 15) is 9.59 Å². The zero-order valence-electron chi connectivity index (χ0n) is 10.6. The lowest BCUT2D eigenvalue weighted by molar-refractivity contribution is -0.137. The van der Waals surface area contributed by atoms with Crippen LogP contribution in [0.3, 0.4) is 0 Å². The van der Waals surface area contributed by atoms with Crippen LogP contribution in [0.2, 0.25) is 0 Å². The molecule has 0 spiro atoms. The van der Waals surface area contributed by atoms with Gasteiger partial charge in [-0.3, -0.25) is 14.5 Å². The number of hydrogen-bond acceptors (Lipinski definition) is 3. The van der Waals surface area contributed by atoms with Crippen LogP contribution in [0.15, 0.2) is 0 Å². The van der Waals surface area contributed by atoms with Crippen molar-refractivity contribution in [1.82, 2.24) is 9.80 Å². The average molecular weight is 277 g/mol. The highest BCUT2D eigenvalue weighted by Gasteiger charge is 2.20. The summed E-state index contributed by atoms with van der Waals surface area (Å²) in [4.78, 5) is 26.3. The highest BCUT2D eigenvalue weighted by molar-refractivity contribution is 6.17. The molecule has 5 nitrogen and oxygen atoms in total. The molecule has 0 bridgehead atoms. The van der Waals surface area contributed by atoms with E-state index in [0.717, 1.165) is 39.1 Å². The summed E-state index contributed by atoms with van der Waals surface area (Å²) >= 11 is 5.64. The molecule has 1 heterocycles. The first kappa shape index (κ1) is 15.2. The van der Waals surface area contributed by atoms with Crippen molar-refractivity contribution in [2.75, 3.05) is 38.6 Å². The number of carbonyl (C=O) groups excluding carboxylic acids is 1. The standard InChI is InChI=1S/C12H21ClN2O3/c13-5-2-6-14-7-9-15(10-8-14)11(16)3-1-4-12(17)18/h1-10H2,(H,17,18). The van der Waals surface area contributed by atoms with Crippen molar-refractivity contribution < 1.29 is 14.7 Å². The largest absolute Gasteiger partial charge is 0.481 e. The van der Waals surface area contributed by atoms with Gasteiger partial charge in [0.1, 0.15) is 0 Å². The van der Waals surface area contributed by atoms with Crippen LogP contribution in [0.25, 0.3) is 0 Å². The Labute approximate surface area is 113 Å². The Hall–Kier alpha value is -0.810. The molecule has 1 N–H and O–H groups in total. The number of nitrogens with zero attached hydrogens (tertiary/aromatic N) is 2. The molecule has 1 saturated heterocycles. The number of hydrogen-bond donors (Lipinski definition) is 1. The maximum absolute atomic E-state index is 11.8. The molecule has 1 aliphatic rings. The van der Waals surface area contributed by atoms with Crippen LogP contribution in [0.1, 0.15) is 25.7 Å². The summed E-state index contributed by atoms with van der Waals surface area (Å²) < 4.78 is 0. The van der Waals surface area contributed by atoms with E-state index in [4.69, 9.17) is 16.7 Å². The fourth-order valence-corrected chi connectivity index (χ4v) is 2.17. The second-order valence-electron chi connectivity index (χ2n) is 4.51. The third-order valence-electron chi connectivity index (χ3n) is 3.11. The second kappa shape index (κ2) is 8.32. The average Bonchev–Trinajstić information content (AvgIpc) is 2.36. The van der Waals surface area contributed by atoms with E-state index >= 15 is 0 Å². The predicted molar refractivity (Wildman–Crippen MR) is 69.8 cm³/mol. The van der Waals surface area contributed by atoms with Crippen LogP contribution in [0.4, 0.5) is 0 Å². The van der Waals surface area contributed by atoms with Crippen molar-refractivity contribution in [2.45, 2.75) is 25.7 Å². The van der Waals surface area contributed by atoms with Gasteiger partial charge >= 0.3 is 5.97 Å². The summed E-state index contributed by atoms with van der Waals surface area (Å²) in [5.74, 6) is -0.0872. The van der Waals surface area contributed by atoms with E-state index in [-0.39, 0.29) is 12.3 Å². The van der Waals surface area contributed by atoms with Crippen LogP contribution < -0.4 is 0 Å². The van der Waals surface area contributed by atoms with Gasteiger partial charge in [0.05, 0.1) is 0 Å². The minimum Gasteiger partial charge on any atom is -0.481 e. The number of alkyl halides is 1. The van der Waals surface area contributed by atoms with Crippen molar-refractivity contribution in [3.8, 4) is 0 Å². The van der Waals surface area contributed by atoms with Crippen LogP contribution >= 0.6 is 11.6 Å². The van der Waals surface area contributed by atoms with E-state index in [0.29, 0.717) is 18.7 Å². The minimum absolute atomic E-state index is 0.0709. The van der Waals surface area contributed by atoms with Crippen molar-refractivity contribution in [3.63, 3.8) is 0 Å². The van der Waals surface area contributed by atoms with Gasteiger partial charge in [-0.25, -0.2) is 0 Å². The molecule has 1 fully saturated rings. The molecule has 0 aromatic carbocycles. The molecule has 1 amide bonds. The lowest BCUT2D eigenvalue weighted by atomic mass is 10.2. The molecule has 1 rings (SSSR count). The molecule has 0 saturated carbocycles. The van der Waals surface area contributed by atoms with Gasteiger partial charge in [0.25, 0.3) is 0 Å². The second-order valence-corrected chi connectivity index (χ2v) is 4.89. The minimum atomic E-state index is -0.839. The Balaban J connectivity index is 2.17. The van der Waals surface area contributed by atoms with Gasteiger partial charge in [-0.1, -0.05) is 0 Å². The SMILES string of the molecule is O=C(O)CCCC(=O)N1CCN(CCCCl)CC1. The Morgan fingerprint density at radius 1 is 1.06 bits per heavy atom. The van der Waals surface area contributed by atoms with Gasteiger partial charge < -0.3 is 10.0 Å². The van der Waals surface area contributed by atoms with E-state index in [1.54, 1.807) is 0 Å². The quantitative estimate of drug-likeness (QED) is 0.705. The number of piperazine rings is 1. The Bertz CT molecular complexity index is 278. The van der Waals surface area contributed by atoms with Gasteiger partial charge in [-0.15, -0.1) is 11.6 Å². The normalized spacial score (nSPS) is 16.8. The summed E-state index contributed by atoms with van der Waals surface area (Å²) in [6.07, 6.45) is 1.82. The van der Waals surface area contributed by atoms with Gasteiger partial charge in [-0.2, -0.15) is 0 Å². The molecule has 18 heavy (non-hydrogen) atoms. The maximum atomic E-state index is 11.8. The lowest BCUT2D eigenvalue weighted by Crippen LogP contribution is -2.48. The Morgan fingerprint density at radius 3 is 2.28 bits per heavy atom. The predicted octanol–water partition coefficient (Wildman–Crippen LogP) is 1.01. The number of amides is 1. The number of carboxylic acids is 1. The molecule has 0 unspecified atom stereocenters. The van der Waals surface area contributed by atoms with Crippen molar-refractivity contribution >= 4 is 23.5 Å². The summed E-state index contributed by atoms with van der Waals surface area (Å²) in [7, 11) is 0. The van der Waals surface area contributed by atoms with Crippen molar-refractivity contribution in [3.05, 3.63) is 0 Å². The summed E-state index contributed by atoms with van der Waals surface area (Å²) in [5, 5.41) is 8.51. The van der Waals surface area contributed by atoms with E-state index in [1.807, 2.05) is 4.90 Å². The first-order chi connectivity index (χ1) is 8.63. The zero-order chi connectivity index (χ0) is 13.4. The maximum Gasteiger partial charge on any atom is 0.303 e. The number of carboxylic acid groups (broad SMARTS) is 1. The van der Waals surface area contributed by atoms with E-state index in [1.165, 1.54) is 0 Å². The van der Waals surface area contributed by atoms with Gasteiger partial charge in [0.15, 0.2) is 0 Å². The zero-order valence-corrected chi connectivity index (χ0v) is 11.4. The van der Waals surface area contributed by atoms with Crippen LogP contribution in [0, 0.1) is 0 Å². The smallest absolute Gasteiger partial charge is 0.303 e. The first-order valence-electron chi connectivity index (χ1n) is 6.41. The molecule has 104 valence electrons. The highest BCUT2D eigenvalue weighted by atomic mass is 35.5. The van der Waals surface area contributed by atoms with Gasteiger partial charge in [0, 0.05) is 44.9 Å². The third-order valence-corrected chi connectivity index (χ3v) is 3.38. The number of carbonyl (C=O) groups is 2. The van der Waals surface area contributed by atoms with Crippen LogP contribution in [-0.2, 0) is 9.59 Å². The monoisotopic (exact) mass is 276 g/mol. The summed E-state index contributed by atoms with van der Waals surface area (Å²) in [6, 6.07) is 0. The fourth-order valence-electron chi connectivity index (χ4n) is 2.05. The number of halogens is 1. The molecule has 0 radical (unpaired) electrons. The van der Waals surface area contributed by atoms with Crippen LogP contribution in [-0.4, -0.2) is 65.4 Å². The van der Waals surface area contributed by atoms with Gasteiger partial charge in [0.2, 0.25) is 5.91 Å². The Kier molecular flexibility index (Phi) is 7.05. The van der Waals surface area contributed by atoms with Gasteiger partial charge in [-0.05, 0) is 19.4 Å². The fraction of sp³-hybridized carbons (Fsp3) is 0.833.